The lowest BCUT2D eigenvalue weighted by Gasteiger charge is -2.05. The average Bonchev–Trinajstić information content (AvgIpc) is 2.11. The molecule has 68 valence electrons. The third kappa shape index (κ3) is 5.97. The number of hydrogen-bond acceptors (Lipinski definition) is 1. The summed E-state index contributed by atoms with van der Waals surface area (Å²) in [6.07, 6.45) is 8.62. The van der Waals surface area contributed by atoms with Crippen LogP contribution in [0.25, 0.3) is 0 Å². The Morgan fingerprint density at radius 3 is 2.67 bits per heavy atom. The Morgan fingerprint density at radius 2 is 2.17 bits per heavy atom. The molecule has 0 saturated carbocycles. The van der Waals surface area contributed by atoms with Crippen LogP contribution >= 0.6 is 0 Å². The molecule has 0 aliphatic rings. The van der Waals surface area contributed by atoms with Crippen molar-refractivity contribution < 1.29 is 0 Å². The zero-order valence-electron chi connectivity index (χ0n) is 8.05. The minimum atomic E-state index is 0.259. The maximum atomic E-state index is 8.77. The van der Waals surface area contributed by atoms with E-state index in [0.29, 0.717) is 0 Å². The van der Waals surface area contributed by atoms with Gasteiger partial charge in [0.2, 0.25) is 0 Å². The van der Waals surface area contributed by atoms with E-state index in [0.717, 1.165) is 19.3 Å². The van der Waals surface area contributed by atoms with E-state index in [1.165, 1.54) is 19.3 Å². The van der Waals surface area contributed by atoms with Crippen LogP contribution < -0.4 is 0 Å². The maximum absolute atomic E-state index is 8.77. The molecule has 0 aromatic carbocycles. The molecule has 0 fully saturated rings. The number of nitrogens with zero attached hydrogens (tertiary/aromatic N) is 1. The number of hydrogen-bond donors (Lipinski definition) is 0. The van der Waals surface area contributed by atoms with E-state index in [-0.39, 0.29) is 5.92 Å². The van der Waals surface area contributed by atoms with E-state index in [1.54, 1.807) is 0 Å². The van der Waals surface area contributed by atoms with E-state index >= 15 is 0 Å². The molecule has 0 N–H and O–H groups in total. The fraction of sp³-hybridized carbons (Fsp3) is 0.727. The van der Waals surface area contributed by atoms with Crippen molar-refractivity contribution in [2.75, 3.05) is 0 Å². The second-order valence-corrected chi connectivity index (χ2v) is 3.19. The van der Waals surface area contributed by atoms with Gasteiger partial charge in [-0.15, -0.1) is 6.58 Å². The molecule has 0 saturated heterocycles. The monoisotopic (exact) mass is 165 g/mol. The van der Waals surface area contributed by atoms with Gasteiger partial charge in [0, 0.05) is 5.92 Å². The normalized spacial score (nSPS) is 12.0. The fourth-order valence-corrected chi connectivity index (χ4v) is 1.23. The van der Waals surface area contributed by atoms with Gasteiger partial charge >= 0.3 is 0 Å². The highest BCUT2D eigenvalue weighted by atomic mass is 14.3. The average molecular weight is 165 g/mol. The molecule has 0 heterocycles. The van der Waals surface area contributed by atoms with Gasteiger partial charge < -0.3 is 0 Å². The predicted molar refractivity (Wildman–Crippen MR) is 52.7 cm³/mol. The lowest BCUT2D eigenvalue weighted by molar-refractivity contribution is 0.521. The third-order valence-corrected chi connectivity index (χ3v) is 2.06. The van der Waals surface area contributed by atoms with Crippen molar-refractivity contribution in [2.24, 2.45) is 5.92 Å². The standard InChI is InChI=1S/C11H19N/c1-3-5-7-9-11(10-12)8-6-4-2/h4,11H,2-3,5-9H2,1H3. The van der Waals surface area contributed by atoms with Gasteiger partial charge in [-0.3, -0.25) is 0 Å². The molecule has 0 spiro atoms. The second-order valence-electron chi connectivity index (χ2n) is 3.19. The smallest absolute Gasteiger partial charge is 0.0655 e. The van der Waals surface area contributed by atoms with Crippen LogP contribution in [0.3, 0.4) is 0 Å². The molecule has 1 atom stereocenters. The lowest BCUT2D eigenvalue weighted by atomic mass is 9.98. The van der Waals surface area contributed by atoms with Crippen molar-refractivity contribution >= 4 is 0 Å². The minimum Gasteiger partial charge on any atom is -0.198 e. The van der Waals surface area contributed by atoms with Crippen LogP contribution in [0.2, 0.25) is 0 Å². The molecule has 1 nitrogen and oxygen atoms in total. The molecule has 0 aliphatic heterocycles. The minimum absolute atomic E-state index is 0.259. The van der Waals surface area contributed by atoms with Gasteiger partial charge in [0.05, 0.1) is 6.07 Å². The highest BCUT2D eigenvalue weighted by Gasteiger charge is 2.04. The fourth-order valence-electron chi connectivity index (χ4n) is 1.23. The topological polar surface area (TPSA) is 23.8 Å². The summed E-state index contributed by atoms with van der Waals surface area (Å²) in [6, 6.07) is 2.35. The van der Waals surface area contributed by atoms with Gasteiger partial charge in [0.25, 0.3) is 0 Å². The number of nitriles is 1. The molecule has 0 amide bonds. The second kappa shape index (κ2) is 8.33. The summed E-state index contributed by atoms with van der Waals surface area (Å²) in [4.78, 5) is 0. The summed E-state index contributed by atoms with van der Waals surface area (Å²) in [5.41, 5.74) is 0. The zero-order chi connectivity index (χ0) is 9.23. The summed E-state index contributed by atoms with van der Waals surface area (Å²) in [6.45, 7) is 5.84. The van der Waals surface area contributed by atoms with Gasteiger partial charge in [0.15, 0.2) is 0 Å². The van der Waals surface area contributed by atoms with Crippen molar-refractivity contribution in [3.63, 3.8) is 0 Å². The summed E-state index contributed by atoms with van der Waals surface area (Å²) in [5, 5.41) is 8.77. The zero-order valence-corrected chi connectivity index (χ0v) is 8.05. The SMILES string of the molecule is C=CCCC(C#N)CCCCC. The first-order chi connectivity index (χ1) is 5.85. The number of unbranched alkanes of at least 4 members (excludes halogenated alkanes) is 2. The molecule has 1 unspecified atom stereocenters. The molecular formula is C11H19N. The van der Waals surface area contributed by atoms with Crippen LogP contribution in [-0.4, -0.2) is 0 Å². The van der Waals surface area contributed by atoms with Crippen molar-refractivity contribution in [1.29, 1.82) is 5.26 Å². The van der Waals surface area contributed by atoms with Gasteiger partial charge in [-0.05, 0) is 19.3 Å². The molecule has 0 aromatic heterocycles. The highest BCUT2D eigenvalue weighted by Crippen LogP contribution is 2.14. The first kappa shape index (κ1) is 11.2. The summed E-state index contributed by atoms with van der Waals surface area (Å²) >= 11 is 0. The predicted octanol–water partition coefficient (Wildman–Crippen LogP) is 3.67. The Hall–Kier alpha value is -0.770. The summed E-state index contributed by atoms with van der Waals surface area (Å²) in [7, 11) is 0. The van der Waals surface area contributed by atoms with Crippen LogP contribution in [-0.2, 0) is 0 Å². The summed E-state index contributed by atoms with van der Waals surface area (Å²) < 4.78 is 0. The van der Waals surface area contributed by atoms with Crippen LogP contribution in [0.5, 0.6) is 0 Å². The van der Waals surface area contributed by atoms with Crippen LogP contribution in [0, 0.1) is 17.2 Å². The molecule has 1 heteroatoms. The summed E-state index contributed by atoms with van der Waals surface area (Å²) in [5.74, 6) is 0.259. The highest BCUT2D eigenvalue weighted by molar-refractivity contribution is 4.84. The Bertz CT molecular complexity index is 144. The van der Waals surface area contributed by atoms with Crippen LogP contribution in [0.1, 0.15) is 45.4 Å². The molecule has 0 rings (SSSR count). The number of allylic oxidation sites excluding steroid dienone is 1. The molecule has 12 heavy (non-hydrogen) atoms. The van der Waals surface area contributed by atoms with Gasteiger partial charge in [-0.25, -0.2) is 0 Å². The lowest BCUT2D eigenvalue weighted by Crippen LogP contribution is -1.96. The first-order valence-electron chi connectivity index (χ1n) is 4.85. The Kier molecular flexibility index (Phi) is 7.79. The third-order valence-electron chi connectivity index (χ3n) is 2.06. The van der Waals surface area contributed by atoms with E-state index in [1.807, 2.05) is 6.08 Å². The Balaban J connectivity index is 3.41. The van der Waals surface area contributed by atoms with Crippen molar-refractivity contribution in [3.05, 3.63) is 12.7 Å². The maximum Gasteiger partial charge on any atom is 0.0655 e. The van der Waals surface area contributed by atoms with Crippen LogP contribution in [0.4, 0.5) is 0 Å². The van der Waals surface area contributed by atoms with Gasteiger partial charge in [-0.1, -0.05) is 32.3 Å². The van der Waals surface area contributed by atoms with E-state index in [9.17, 15) is 0 Å². The van der Waals surface area contributed by atoms with E-state index in [4.69, 9.17) is 5.26 Å². The molecular weight excluding hydrogens is 146 g/mol. The quantitative estimate of drug-likeness (QED) is 0.417. The number of rotatable bonds is 7. The molecule has 0 radical (unpaired) electrons. The van der Waals surface area contributed by atoms with Crippen molar-refractivity contribution in [3.8, 4) is 6.07 Å². The van der Waals surface area contributed by atoms with E-state index in [2.05, 4.69) is 19.6 Å². The van der Waals surface area contributed by atoms with Crippen molar-refractivity contribution in [2.45, 2.75) is 45.4 Å². The first-order valence-corrected chi connectivity index (χ1v) is 4.85. The molecule has 0 aromatic rings. The van der Waals surface area contributed by atoms with Crippen LogP contribution in [0.15, 0.2) is 12.7 Å². The van der Waals surface area contributed by atoms with E-state index < -0.39 is 0 Å². The van der Waals surface area contributed by atoms with Crippen molar-refractivity contribution in [1.82, 2.24) is 0 Å². The molecule has 0 bridgehead atoms. The Labute approximate surface area is 76.1 Å². The van der Waals surface area contributed by atoms with Gasteiger partial charge in [-0.2, -0.15) is 5.26 Å². The Morgan fingerprint density at radius 1 is 1.42 bits per heavy atom. The van der Waals surface area contributed by atoms with Gasteiger partial charge in [0.1, 0.15) is 0 Å². The molecule has 0 aliphatic carbocycles. The largest absolute Gasteiger partial charge is 0.198 e.